The second-order valence-electron chi connectivity index (χ2n) is 9.39. The third-order valence-electron chi connectivity index (χ3n) is 6.96. The largest absolute Gasteiger partial charge is 0.469 e. The fourth-order valence-electron chi connectivity index (χ4n) is 5.28. The smallest absolute Gasteiger partial charge is 0.416 e. The molecule has 1 aromatic carbocycles. The Kier molecular flexibility index (Phi) is 6.51. The van der Waals surface area contributed by atoms with Gasteiger partial charge in [-0.15, -0.1) is 0 Å². The van der Waals surface area contributed by atoms with Crippen molar-refractivity contribution in [3.8, 4) is 0 Å². The first-order valence-electron chi connectivity index (χ1n) is 12.0. The van der Waals surface area contributed by atoms with E-state index in [1.807, 2.05) is 0 Å². The molecule has 0 saturated carbocycles. The van der Waals surface area contributed by atoms with Crippen LogP contribution in [0.25, 0.3) is 0 Å². The Morgan fingerprint density at radius 1 is 1.19 bits per heavy atom. The standard InChI is InChI=1S/C27H26F3NO5/c1-15-23(26(33)36-14-19-7-3-9-34-19)24(16-5-2-6-18(11-16)27(28,29)30)25-20(31-15)12-17(13-21(25)32)22-8-4-10-35-22/h2,4-6,8,10-11,17,19,24,31H,3,7,9,12-14H2,1H3/t17-,19-,24+/m0/s1. The number of allylic oxidation sites excluding steroid dienone is 3. The number of halogens is 3. The maximum atomic E-state index is 13.6. The molecule has 9 heteroatoms. The van der Waals surface area contributed by atoms with E-state index >= 15 is 0 Å². The highest BCUT2D eigenvalue weighted by Crippen LogP contribution is 2.46. The van der Waals surface area contributed by atoms with Gasteiger partial charge in [-0.25, -0.2) is 4.79 Å². The van der Waals surface area contributed by atoms with Crippen molar-refractivity contribution < 1.29 is 36.7 Å². The van der Waals surface area contributed by atoms with E-state index in [0.717, 1.165) is 25.0 Å². The van der Waals surface area contributed by atoms with E-state index in [1.165, 1.54) is 18.4 Å². The maximum Gasteiger partial charge on any atom is 0.416 e. The highest BCUT2D eigenvalue weighted by atomic mass is 19.4. The molecule has 1 saturated heterocycles. The SMILES string of the molecule is CC1=C(C(=O)OC[C@@H]2CCCO2)[C@@H](c2cccc(C(F)(F)F)c2)C2=C(C[C@H](c3ccco3)CC2=O)N1. The number of dihydropyridines is 1. The van der Waals surface area contributed by atoms with Gasteiger partial charge in [-0.05, 0) is 49.9 Å². The van der Waals surface area contributed by atoms with Gasteiger partial charge in [0, 0.05) is 41.8 Å². The molecule has 1 fully saturated rings. The van der Waals surface area contributed by atoms with Crippen LogP contribution in [0.1, 0.15) is 61.3 Å². The molecule has 1 N–H and O–H groups in total. The Morgan fingerprint density at radius 2 is 2.03 bits per heavy atom. The maximum absolute atomic E-state index is 13.6. The summed E-state index contributed by atoms with van der Waals surface area (Å²) in [5.74, 6) is -1.45. The van der Waals surface area contributed by atoms with E-state index in [-0.39, 0.29) is 42.0 Å². The van der Waals surface area contributed by atoms with Crippen molar-refractivity contribution in [2.24, 2.45) is 0 Å². The molecule has 190 valence electrons. The van der Waals surface area contributed by atoms with Gasteiger partial charge in [0.1, 0.15) is 12.4 Å². The van der Waals surface area contributed by atoms with Gasteiger partial charge in [-0.1, -0.05) is 18.2 Å². The Morgan fingerprint density at radius 3 is 2.72 bits per heavy atom. The number of hydrogen-bond acceptors (Lipinski definition) is 6. The van der Waals surface area contributed by atoms with E-state index in [1.54, 1.807) is 19.1 Å². The van der Waals surface area contributed by atoms with E-state index in [9.17, 15) is 22.8 Å². The van der Waals surface area contributed by atoms with Gasteiger partial charge < -0.3 is 19.2 Å². The normalized spacial score (nSPS) is 24.6. The molecule has 3 atom stereocenters. The number of furan rings is 1. The summed E-state index contributed by atoms with van der Waals surface area (Å²) in [4.78, 5) is 26.8. The molecule has 0 amide bonds. The number of carbonyl (C=O) groups excluding carboxylic acids is 2. The fourth-order valence-corrected chi connectivity index (χ4v) is 5.28. The second-order valence-corrected chi connectivity index (χ2v) is 9.39. The van der Waals surface area contributed by atoms with Gasteiger partial charge in [0.25, 0.3) is 0 Å². The molecule has 1 aromatic heterocycles. The number of Topliss-reactive ketones (excluding diaryl/α,β-unsaturated/α-hetero) is 1. The van der Waals surface area contributed by atoms with Crippen molar-refractivity contribution >= 4 is 11.8 Å². The van der Waals surface area contributed by atoms with E-state index < -0.39 is 23.6 Å². The van der Waals surface area contributed by atoms with Crippen LogP contribution < -0.4 is 5.32 Å². The molecule has 2 aromatic rings. The van der Waals surface area contributed by atoms with Crippen LogP contribution in [-0.2, 0) is 25.2 Å². The third kappa shape index (κ3) is 4.72. The molecule has 36 heavy (non-hydrogen) atoms. The zero-order valence-corrected chi connectivity index (χ0v) is 19.7. The number of benzene rings is 1. The molecule has 0 radical (unpaired) electrons. The topological polar surface area (TPSA) is 77.8 Å². The van der Waals surface area contributed by atoms with Gasteiger partial charge in [0.15, 0.2) is 5.78 Å². The van der Waals surface area contributed by atoms with Crippen molar-refractivity contribution in [1.82, 2.24) is 5.32 Å². The number of ketones is 1. The van der Waals surface area contributed by atoms with E-state index in [0.29, 0.717) is 35.8 Å². The lowest BCUT2D eigenvalue weighted by Crippen LogP contribution is -2.36. The zero-order valence-electron chi connectivity index (χ0n) is 19.7. The molecular formula is C27H26F3NO5. The minimum Gasteiger partial charge on any atom is -0.469 e. The summed E-state index contributed by atoms with van der Waals surface area (Å²) in [6.45, 7) is 2.32. The van der Waals surface area contributed by atoms with E-state index in [2.05, 4.69) is 5.32 Å². The number of ether oxygens (including phenoxy) is 2. The lowest BCUT2D eigenvalue weighted by atomic mass is 9.72. The quantitative estimate of drug-likeness (QED) is 0.555. The van der Waals surface area contributed by atoms with Gasteiger partial charge >= 0.3 is 12.1 Å². The minimum atomic E-state index is -4.57. The van der Waals surface area contributed by atoms with Crippen molar-refractivity contribution in [3.63, 3.8) is 0 Å². The van der Waals surface area contributed by atoms with Crippen LogP contribution in [-0.4, -0.2) is 31.1 Å². The number of rotatable bonds is 5. The van der Waals surface area contributed by atoms with Gasteiger partial charge in [-0.3, -0.25) is 4.79 Å². The number of carbonyl (C=O) groups is 2. The van der Waals surface area contributed by atoms with Crippen molar-refractivity contribution in [3.05, 3.63) is 82.1 Å². The molecule has 0 spiro atoms. The van der Waals surface area contributed by atoms with E-state index in [4.69, 9.17) is 13.9 Å². The first-order valence-corrected chi connectivity index (χ1v) is 12.0. The summed E-state index contributed by atoms with van der Waals surface area (Å²) in [6, 6.07) is 8.34. The molecule has 3 heterocycles. The summed E-state index contributed by atoms with van der Waals surface area (Å²) >= 11 is 0. The summed E-state index contributed by atoms with van der Waals surface area (Å²) in [6.07, 6.45) is -1.04. The first-order chi connectivity index (χ1) is 17.2. The van der Waals surface area contributed by atoms with Gasteiger partial charge in [0.05, 0.1) is 23.5 Å². The lowest BCUT2D eigenvalue weighted by Gasteiger charge is -2.36. The van der Waals surface area contributed by atoms with Crippen LogP contribution in [0.15, 0.2) is 69.6 Å². The van der Waals surface area contributed by atoms with Crippen LogP contribution >= 0.6 is 0 Å². The first kappa shape index (κ1) is 24.4. The van der Waals surface area contributed by atoms with Crippen molar-refractivity contribution in [2.75, 3.05) is 13.2 Å². The van der Waals surface area contributed by atoms with Gasteiger partial charge in [0.2, 0.25) is 0 Å². The number of esters is 1. The number of hydrogen-bond donors (Lipinski definition) is 1. The van der Waals surface area contributed by atoms with Crippen LogP contribution in [0.4, 0.5) is 13.2 Å². The summed E-state index contributed by atoms with van der Waals surface area (Å²) in [5.41, 5.74) is 0.835. The predicted octanol–water partition coefficient (Wildman–Crippen LogP) is 5.38. The predicted molar refractivity (Wildman–Crippen MR) is 123 cm³/mol. The van der Waals surface area contributed by atoms with Crippen molar-refractivity contribution in [1.29, 1.82) is 0 Å². The summed E-state index contributed by atoms with van der Waals surface area (Å²) in [5, 5.41) is 3.19. The monoisotopic (exact) mass is 501 g/mol. The molecule has 6 nitrogen and oxygen atoms in total. The van der Waals surface area contributed by atoms with Crippen molar-refractivity contribution in [2.45, 2.75) is 56.7 Å². The molecule has 3 aliphatic rings. The number of nitrogens with one attached hydrogen (secondary N) is 1. The Hall–Kier alpha value is -3.33. The highest BCUT2D eigenvalue weighted by molar-refractivity contribution is 6.04. The Balaban J connectivity index is 1.54. The molecule has 2 aliphatic heterocycles. The van der Waals surface area contributed by atoms with Crippen LogP contribution in [0.2, 0.25) is 0 Å². The number of alkyl halides is 3. The third-order valence-corrected chi connectivity index (χ3v) is 6.96. The summed E-state index contributed by atoms with van der Waals surface area (Å²) in [7, 11) is 0. The molecular weight excluding hydrogens is 475 g/mol. The Bertz CT molecular complexity index is 1220. The highest BCUT2D eigenvalue weighted by Gasteiger charge is 2.43. The van der Waals surface area contributed by atoms with Crippen LogP contribution in [0.3, 0.4) is 0 Å². The molecule has 5 rings (SSSR count). The summed E-state index contributed by atoms with van der Waals surface area (Å²) < 4.78 is 57.3. The molecule has 1 aliphatic carbocycles. The molecule has 0 unspecified atom stereocenters. The average Bonchev–Trinajstić information content (AvgIpc) is 3.55. The van der Waals surface area contributed by atoms with Crippen LogP contribution in [0.5, 0.6) is 0 Å². The lowest BCUT2D eigenvalue weighted by molar-refractivity contribution is -0.142. The molecule has 0 bridgehead atoms. The van der Waals surface area contributed by atoms with Gasteiger partial charge in [-0.2, -0.15) is 13.2 Å². The zero-order chi connectivity index (χ0) is 25.4. The Labute approximate surface area is 206 Å². The fraction of sp³-hybridized carbons (Fsp3) is 0.407. The average molecular weight is 502 g/mol. The second kappa shape index (κ2) is 9.61. The minimum absolute atomic E-state index is 0.0470. The van der Waals surface area contributed by atoms with Crippen LogP contribution in [0, 0.1) is 0 Å².